The van der Waals surface area contributed by atoms with Crippen molar-refractivity contribution in [3.63, 3.8) is 0 Å². The lowest BCUT2D eigenvalue weighted by molar-refractivity contribution is 0.0186. The summed E-state index contributed by atoms with van der Waals surface area (Å²) in [4.78, 5) is 43.4. The van der Waals surface area contributed by atoms with Crippen LogP contribution in [0.5, 0.6) is 0 Å². The SMILES string of the molecule is CCn1nnc(Cn2c(=O)n(C3CCN(C(=O)OC(C)(C)C)CC3)c(=O)c3sc(-c4cccc(F)c4F)cc32)n1. The predicted molar refractivity (Wildman–Crippen MR) is 144 cm³/mol. The molecular formula is C26H29F2N7O4S. The van der Waals surface area contributed by atoms with Crippen LogP contribution in [0.2, 0.25) is 0 Å². The van der Waals surface area contributed by atoms with Gasteiger partial charge in [-0.3, -0.25) is 13.9 Å². The molecule has 1 fully saturated rings. The molecular weight excluding hydrogens is 544 g/mol. The van der Waals surface area contributed by atoms with Gasteiger partial charge < -0.3 is 9.64 Å². The van der Waals surface area contributed by atoms with Gasteiger partial charge in [0.05, 0.1) is 18.6 Å². The summed E-state index contributed by atoms with van der Waals surface area (Å²) in [5.74, 6) is -1.79. The molecule has 0 aliphatic carbocycles. The average molecular weight is 574 g/mol. The van der Waals surface area contributed by atoms with Crippen molar-refractivity contribution < 1.29 is 18.3 Å². The Balaban J connectivity index is 1.58. The maximum Gasteiger partial charge on any atom is 0.410 e. The van der Waals surface area contributed by atoms with E-state index < -0.39 is 40.6 Å². The molecule has 212 valence electrons. The van der Waals surface area contributed by atoms with Crippen molar-refractivity contribution in [1.29, 1.82) is 0 Å². The third kappa shape index (κ3) is 5.27. The number of aromatic nitrogens is 6. The molecule has 0 radical (unpaired) electrons. The first kappa shape index (κ1) is 27.6. The number of carbonyl (C=O) groups is 1. The van der Waals surface area contributed by atoms with Gasteiger partial charge in [-0.2, -0.15) is 4.80 Å². The molecule has 0 saturated carbocycles. The van der Waals surface area contributed by atoms with Crippen molar-refractivity contribution in [2.45, 2.75) is 65.3 Å². The lowest BCUT2D eigenvalue weighted by Crippen LogP contribution is -2.47. The molecule has 14 heteroatoms. The molecule has 4 heterocycles. The number of ether oxygens (including phenoxy) is 1. The number of fused-ring (bicyclic) bond motifs is 1. The normalized spacial score (nSPS) is 14.7. The van der Waals surface area contributed by atoms with E-state index in [1.807, 2.05) is 6.92 Å². The second-order valence-electron chi connectivity index (χ2n) is 10.6. The first-order chi connectivity index (χ1) is 19.0. The zero-order valence-corrected chi connectivity index (χ0v) is 23.4. The second-order valence-corrected chi connectivity index (χ2v) is 11.6. The minimum atomic E-state index is -1.04. The molecule has 0 atom stereocenters. The van der Waals surface area contributed by atoms with Crippen molar-refractivity contribution in [2.24, 2.45) is 0 Å². The Labute approximate surface area is 231 Å². The first-order valence-electron chi connectivity index (χ1n) is 12.9. The summed E-state index contributed by atoms with van der Waals surface area (Å²) >= 11 is 0.987. The molecule has 5 rings (SSSR count). The smallest absolute Gasteiger partial charge is 0.410 e. The highest BCUT2D eigenvalue weighted by Gasteiger charge is 2.30. The van der Waals surface area contributed by atoms with Crippen LogP contribution in [0.15, 0.2) is 33.9 Å². The van der Waals surface area contributed by atoms with Crippen LogP contribution in [-0.4, -0.2) is 59.0 Å². The monoisotopic (exact) mass is 573 g/mol. The van der Waals surface area contributed by atoms with Gasteiger partial charge in [0, 0.05) is 29.6 Å². The third-order valence-electron chi connectivity index (χ3n) is 6.63. The molecule has 0 bridgehead atoms. The maximum atomic E-state index is 14.7. The van der Waals surface area contributed by atoms with Crippen molar-refractivity contribution in [3.8, 4) is 10.4 Å². The fourth-order valence-electron chi connectivity index (χ4n) is 4.71. The number of piperidine rings is 1. The molecule has 1 amide bonds. The standard InChI is InChI=1S/C26H29F2N7O4S/c1-5-34-30-20(29-31-34)14-33-18-13-19(16-7-6-8-17(27)21(16)28)40-22(18)23(36)35(24(33)37)15-9-11-32(12-10-15)25(38)39-26(2,3)4/h6-8,13,15H,5,9-12,14H2,1-4H3. The summed E-state index contributed by atoms with van der Waals surface area (Å²) in [5, 5.41) is 12.2. The first-order valence-corrected chi connectivity index (χ1v) is 13.8. The van der Waals surface area contributed by atoms with Crippen LogP contribution in [0.4, 0.5) is 13.6 Å². The molecule has 0 spiro atoms. The number of aryl methyl sites for hydroxylation is 1. The second kappa shape index (κ2) is 10.6. The van der Waals surface area contributed by atoms with E-state index in [0.29, 0.717) is 37.4 Å². The number of nitrogens with zero attached hydrogens (tertiary/aromatic N) is 7. The van der Waals surface area contributed by atoms with Gasteiger partial charge in [-0.05, 0) is 57.9 Å². The zero-order valence-electron chi connectivity index (χ0n) is 22.6. The van der Waals surface area contributed by atoms with Gasteiger partial charge in [0.1, 0.15) is 10.3 Å². The van der Waals surface area contributed by atoms with E-state index in [1.54, 1.807) is 25.7 Å². The summed E-state index contributed by atoms with van der Waals surface area (Å²) in [6.45, 7) is 8.22. The number of thiophene rings is 1. The minimum absolute atomic E-state index is 0.00753. The van der Waals surface area contributed by atoms with Crippen molar-refractivity contribution in [1.82, 2.24) is 34.2 Å². The fourth-order valence-corrected chi connectivity index (χ4v) is 5.83. The molecule has 1 aliphatic heterocycles. The molecule has 4 aromatic rings. The summed E-state index contributed by atoms with van der Waals surface area (Å²) in [7, 11) is 0. The molecule has 0 N–H and O–H groups in total. The van der Waals surface area contributed by atoms with Gasteiger partial charge in [-0.25, -0.2) is 18.4 Å². The number of hydrogen-bond donors (Lipinski definition) is 0. The van der Waals surface area contributed by atoms with E-state index in [9.17, 15) is 23.2 Å². The number of halogens is 2. The number of carbonyl (C=O) groups excluding carboxylic acids is 1. The van der Waals surface area contributed by atoms with E-state index in [4.69, 9.17) is 4.74 Å². The molecule has 1 aliphatic rings. The number of rotatable bonds is 5. The summed E-state index contributed by atoms with van der Waals surface area (Å²) in [6, 6.07) is 4.85. The van der Waals surface area contributed by atoms with E-state index in [0.717, 1.165) is 17.4 Å². The Morgan fingerprint density at radius 2 is 1.90 bits per heavy atom. The highest BCUT2D eigenvalue weighted by molar-refractivity contribution is 7.22. The fraction of sp³-hybridized carbons (Fsp3) is 0.462. The van der Waals surface area contributed by atoms with Crippen LogP contribution in [0.25, 0.3) is 20.7 Å². The third-order valence-corrected chi connectivity index (χ3v) is 7.77. The van der Waals surface area contributed by atoms with Crippen LogP contribution in [0.3, 0.4) is 0 Å². The Morgan fingerprint density at radius 3 is 2.55 bits per heavy atom. The van der Waals surface area contributed by atoms with Gasteiger partial charge in [0.15, 0.2) is 17.5 Å². The van der Waals surface area contributed by atoms with E-state index >= 15 is 0 Å². The average Bonchev–Trinajstić information content (AvgIpc) is 3.55. The summed E-state index contributed by atoms with van der Waals surface area (Å²) < 4.78 is 36.9. The van der Waals surface area contributed by atoms with Crippen LogP contribution >= 0.6 is 11.3 Å². The Kier molecular flexibility index (Phi) is 7.29. The van der Waals surface area contributed by atoms with Crippen molar-refractivity contribution >= 4 is 27.6 Å². The van der Waals surface area contributed by atoms with Crippen molar-refractivity contribution in [3.05, 3.63) is 62.6 Å². The lowest BCUT2D eigenvalue weighted by atomic mass is 10.1. The largest absolute Gasteiger partial charge is 0.444 e. The number of likely N-dealkylation sites (tertiary alicyclic amines) is 1. The quantitative estimate of drug-likeness (QED) is 0.357. The summed E-state index contributed by atoms with van der Waals surface area (Å²) in [6.07, 6.45) is 0.276. The van der Waals surface area contributed by atoms with E-state index in [-0.39, 0.29) is 28.1 Å². The van der Waals surface area contributed by atoms with Crippen molar-refractivity contribution in [2.75, 3.05) is 13.1 Å². The van der Waals surface area contributed by atoms with Gasteiger partial charge >= 0.3 is 11.8 Å². The van der Waals surface area contributed by atoms with Crippen LogP contribution in [0, 0.1) is 11.6 Å². The lowest BCUT2D eigenvalue weighted by Gasteiger charge is -2.34. The molecule has 0 unspecified atom stereocenters. The number of amides is 1. The molecule has 1 aromatic carbocycles. The Morgan fingerprint density at radius 1 is 1.18 bits per heavy atom. The Bertz CT molecular complexity index is 1690. The van der Waals surface area contributed by atoms with E-state index in [1.165, 1.54) is 32.1 Å². The highest BCUT2D eigenvalue weighted by Crippen LogP contribution is 2.34. The van der Waals surface area contributed by atoms with Crippen LogP contribution < -0.4 is 11.2 Å². The zero-order chi connectivity index (χ0) is 28.8. The van der Waals surface area contributed by atoms with E-state index in [2.05, 4.69) is 15.4 Å². The number of benzene rings is 1. The summed E-state index contributed by atoms with van der Waals surface area (Å²) in [5.41, 5.74) is -1.48. The maximum absolute atomic E-state index is 14.7. The van der Waals surface area contributed by atoms with Gasteiger partial charge in [0.2, 0.25) is 0 Å². The Hall–Kier alpha value is -3.94. The molecule has 11 nitrogen and oxygen atoms in total. The van der Waals surface area contributed by atoms with Gasteiger partial charge in [-0.15, -0.1) is 21.5 Å². The number of tetrazole rings is 1. The van der Waals surface area contributed by atoms with Crippen LogP contribution in [-0.2, 0) is 17.8 Å². The number of hydrogen-bond acceptors (Lipinski definition) is 8. The van der Waals surface area contributed by atoms with Gasteiger partial charge in [-0.1, -0.05) is 12.1 Å². The highest BCUT2D eigenvalue weighted by atomic mass is 32.1. The minimum Gasteiger partial charge on any atom is -0.444 e. The van der Waals surface area contributed by atoms with Gasteiger partial charge in [0.25, 0.3) is 5.56 Å². The topological polar surface area (TPSA) is 117 Å². The predicted octanol–water partition coefficient (Wildman–Crippen LogP) is 3.80. The molecule has 3 aromatic heterocycles. The van der Waals surface area contributed by atoms with Crippen LogP contribution in [0.1, 0.15) is 52.4 Å². The molecule has 1 saturated heterocycles. The molecule has 40 heavy (non-hydrogen) atoms.